The van der Waals surface area contributed by atoms with Gasteiger partial charge in [-0.1, -0.05) is 0 Å². The summed E-state index contributed by atoms with van der Waals surface area (Å²) >= 11 is 0. The molecule has 4 nitrogen and oxygen atoms in total. The molecule has 0 fully saturated rings. The van der Waals surface area contributed by atoms with Crippen molar-refractivity contribution in [2.45, 2.75) is 6.04 Å². The zero-order valence-electron chi connectivity index (χ0n) is 4.07. The number of aliphatic hydroxyl groups is 1. The zero-order chi connectivity index (χ0) is 5.86. The summed E-state index contributed by atoms with van der Waals surface area (Å²) in [5.41, 5.74) is 4.77. The van der Waals surface area contributed by atoms with E-state index in [9.17, 15) is 4.79 Å². The van der Waals surface area contributed by atoms with E-state index in [1.807, 2.05) is 0 Å². The summed E-state index contributed by atoms with van der Waals surface area (Å²) in [6.45, 7) is -0.505. The van der Waals surface area contributed by atoms with Crippen LogP contribution in [0.3, 0.4) is 0 Å². The van der Waals surface area contributed by atoms with Crippen LogP contribution in [-0.4, -0.2) is 28.8 Å². The largest absolute Gasteiger partial charge is 0.480 e. The average Bonchev–Trinajstić information content (AvgIpc) is 1.65. The first kappa shape index (κ1) is 10.3. The molecule has 0 amide bonds. The van der Waals surface area contributed by atoms with Crippen LogP contribution < -0.4 is 5.73 Å². The topological polar surface area (TPSA) is 83.5 Å². The van der Waals surface area contributed by atoms with Crippen LogP contribution in [0.15, 0.2) is 0 Å². The maximum absolute atomic E-state index is 9.65. The molecule has 0 aromatic carbocycles. The number of carboxylic acids is 1. The van der Waals surface area contributed by atoms with Gasteiger partial charge in [-0.05, 0) is 0 Å². The van der Waals surface area contributed by atoms with Crippen molar-refractivity contribution in [3.8, 4) is 0 Å². The van der Waals surface area contributed by atoms with Crippen molar-refractivity contribution in [3.05, 3.63) is 0 Å². The molecule has 0 aromatic rings. The van der Waals surface area contributed by atoms with Gasteiger partial charge < -0.3 is 15.9 Å². The van der Waals surface area contributed by atoms with Gasteiger partial charge in [0.15, 0.2) is 0 Å². The van der Waals surface area contributed by atoms with Crippen LogP contribution in [0.25, 0.3) is 0 Å². The van der Waals surface area contributed by atoms with Crippen LogP contribution in [0, 0.1) is 0 Å². The maximum Gasteiger partial charge on any atom is 0.322 e. The minimum absolute atomic E-state index is 0. The van der Waals surface area contributed by atoms with Gasteiger partial charge in [0.25, 0.3) is 0 Å². The highest BCUT2D eigenvalue weighted by atomic mass is 19.0. The van der Waals surface area contributed by atoms with Crippen molar-refractivity contribution in [1.29, 1.82) is 0 Å². The normalized spacial score (nSPS) is 11.8. The van der Waals surface area contributed by atoms with Crippen LogP contribution in [0.1, 0.15) is 0 Å². The number of carboxylic acid groups (broad SMARTS) is 1. The Labute approximate surface area is 45.3 Å². The molecule has 1 atom stereocenters. The van der Waals surface area contributed by atoms with E-state index in [1.165, 1.54) is 0 Å². The van der Waals surface area contributed by atoms with E-state index in [0.29, 0.717) is 0 Å². The first-order chi connectivity index (χ1) is 3.18. The average molecular weight is 125 g/mol. The standard InChI is InChI=1S/C3H7NO3.FH/c4-2(1-5)3(6)7;/h2,5H,1,4H2,(H,6,7);1H. The lowest BCUT2D eigenvalue weighted by molar-refractivity contribution is -0.139. The lowest BCUT2D eigenvalue weighted by atomic mass is 10.3. The predicted octanol–water partition coefficient (Wildman–Crippen LogP) is -1.46. The summed E-state index contributed by atoms with van der Waals surface area (Å²) in [7, 11) is 0. The van der Waals surface area contributed by atoms with E-state index in [2.05, 4.69) is 0 Å². The van der Waals surface area contributed by atoms with Crippen molar-refractivity contribution in [3.63, 3.8) is 0 Å². The van der Waals surface area contributed by atoms with Gasteiger partial charge in [-0.3, -0.25) is 9.50 Å². The highest BCUT2D eigenvalue weighted by molar-refractivity contribution is 5.73. The van der Waals surface area contributed by atoms with Gasteiger partial charge in [0.2, 0.25) is 0 Å². The summed E-state index contributed by atoms with van der Waals surface area (Å²) < 4.78 is 0. The van der Waals surface area contributed by atoms with Gasteiger partial charge in [-0.25, -0.2) is 0 Å². The van der Waals surface area contributed by atoms with E-state index in [1.54, 1.807) is 0 Å². The summed E-state index contributed by atoms with van der Waals surface area (Å²) in [4.78, 5) is 9.65. The Hall–Kier alpha value is -0.680. The first-order valence-corrected chi connectivity index (χ1v) is 1.77. The van der Waals surface area contributed by atoms with Gasteiger partial charge in [0.1, 0.15) is 6.04 Å². The number of hydrogen-bond acceptors (Lipinski definition) is 3. The van der Waals surface area contributed by atoms with Crippen LogP contribution >= 0.6 is 0 Å². The van der Waals surface area contributed by atoms with Crippen molar-refractivity contribution in [2.75, 3.05) is 6.61 Å². The molecule has 0 aliphatic carbocycles. The molecule has 1 unspecified atom stereocenters. The van der Waals surface area contributed by atoms with Crippen LogP contribution in [0.2, 0.25) is 0 Å². The molecule has 8 heavy (non-hydrogen) atoms. The van der Waals surface area contributed by atoms with E-state index in [4.69, 9.17) is 15.9 Å². The van der Waals surface area contributed by atoms with Crippen LogP contribution in [-0.2, 0) is 4.79 Å². The fourth-order valence-electron chi connectivity index (χ4n) is 0.0781. The number of rotatable bonds is 2. The molecule has 0 saturated heterocycles. The Kier molecular flexibility index (Phi) is 5.78. The minimum atomic E-state index is -1.18. The summed E-state index contributed by atoms with van der Waals surface area (Å²) in [6, 6.07) is -1.13. The molecule has 0 aromatic heterocycles. The first-order valence-electron chi connectivity index (χ1n) is 1.77. The second-order valence-electron chi connectivity index (χ2n) is 1.13. The minimum Gasteiger partial charge on any atom is -0.480 e. The quantitative estimate of drug-likeness (QED) is 0.421. The van der Waals surface area contributed by atoms with E-state index in [-0.39, 0.29) is 4.70 Å². The number of aliphatic carboxylic acids is 1. The molecule has 0 radical (unpaired) electrons. The lowest BCUT2D eigenvalue weighted by Crippen LogP contribution is -2.33. The lowest BCUT2D eigenvalue weighted by Gasteiger charge is -1.96. The third-order valence-electron chi connectivity index (χ3n) is 0.514. The Morgan fingerprint density at radius 2 is 2.12 bits per heavy atom. The van der Waals surface area contributed by atoms with Gasteiger partial charge in [-0.2, -0.15) is 0 Å². The molecule has 50 valence electrons. The number of hydrogen-bond donors (Lipinski definition) is 3. The third-order valence-corrected chi connectivity index (χ3v) is 0.514. The molecule has 0 saturated carbocycles. The van der Waals surface area contributed by atoms with Crippen LogP contribution in [0.5, 0.6) is 0 Å². The Morgan fingerprint density at radius 1 is 1.75 bits per heavy atom. The molecule has 0 bridgehead atoms. The van der Waals surface area contributed by atoms with E-state index >= 15 is 0 Å². The second kappa shape index (κ2) is 4.48. The molecule has 0 heterocycles. The third kappa shape index (κ3) is 3.51. The van der Waals surface area contributed by atoms with Crippen molar-refractivity contribution < 1.29 is 19.7 Å². The number of carbonyl (C=O) groups is 1. The summed E-state index contributed by atoms with van der Waals surface area (Å²) in [5, 5.41) is 15.9. The fraction of sp³-hybridized carbons (Fsp3) is 0.667. The smallest absolute Gasteiger partial charge is 0.322 e. The van der Waals surface area contributed by atoms with Gasteiger partial charge in [0, 0.05) is 0 Å². The van der Waals surface area contributed by atoms with Crippen molar-refractivity contribution >= 4 is 5.97 Å². The van der Waals surface area contributed by atoms with Crippen molar-refractivity contribution in [2.24, 2.45) is 5.73 Å². The maximum atomic E-state index is 9.65. The predicted molar refractivity (Wildman–Crippen MR) is 25.2 cm³/mol. The molecule has 5 heteroatoms. The van der Waals surface area contributed by atoms with Gasteiger partial charge in [0.05, 0.1) is 6.61 Å². The molecule has 0 spiro atoms. The SMILES string of the molecule is F.NC(CO)C(=O)O. The molecule has 0 aliphatic rings. The van der Waals surface area contributed by atoms with Gasteiger partial charge in [-0.15, -0.1) is 0 Å². The second-order valence-corrected chi connectivity index (χ2v) is 1.13. The Morgan fingerprint density at radius 3 is 2.12 bits per heavy atom. The Bertz CT molecular complexity index is 76.9. The summed E-state index contributed by atoms with van der Waals surface area (Å²) in [5.74, 6) is -1.18. The van der Waals surface area contributed by atoms with Crippen LogP contribution in [0.4, 0.5) is 4.70 Å². The Balaban J connectivity index is 0. The number of aliphatic hydroxyl groups excluding tert-OH is 1. The highest BCUT2D eigenvalue weighted by Gasteiger charge is 2.06. The number of halogens is 1. The van der Waals surface area contributed by atoms with Gasteiger partial charge >= 0.3 is 5.97 Å². The van der Waals surface area contributed by atoms with E-state index < -0.39 is 18.6 Å². The fourth-order valence-corrected chi connectivity index (χ4v) is 0.0781. The highest BCUT2D eigenvalue weighted by Crippen LogP contribution is 1.71. The molecular formula is C3H8FNO3. The molecule has 4 N–H and O–H groups in total. The summed E-state index contributed by atoms with van der Waals surface area (Å²) in [6.07, 6.45) is 0. The van der Waals surface area contributed by atoms with E-state index in [0.717, 1.165) is 0 Å². The molecule has 0 rings (SSSR count). The van der Waals surface area contributed by atoms with Crippen molar-refractivity contribution in [1.82, 2.24) is 0 Å². The molecular weight excluding hydrogens is 117 g/mol. The number of nitrogens with two attached hydrogens (primary N) is 1. The monoisotopic (exact) mass is 125 g/mol. The molecule has 0 aliphatic heterocycles. The zero-order valence-corrected chi connectivity index (χ0v) is 4.07.